The van der Waals surface area contributed by atoms with E-state index in [0.29, 0.717) is 5.82 Å². The molecule has 11 heteroatoms. The molecule has 4 heterocycles. The lowest BCUT2D eigenvalue weighted by atomic mass is 10.3. The summed E-state index contributed by atoms with van der Waals surface area (Å²) in [5.41, 5.74) is 1.83. The maximum absolute atomic E-state index is 9.67. The van der Waals surface area contributed by atoms with E-state index < -0.39 is 6.68 Å². The predicted molar refractivity (Wildman–Crippen MR) is 110 cm³/mol. The molecule has 30 heavy (non-hydrogen) atoms. The second-order valence-corrected chi connectivity index (χ2v) is 6.36. The van der Waals surface area contributed by atoms with Crippen LogP contribution in [0, 0.1) is 13.8 Å². The van der Waals surface area contributed by atoms with Crippen molar-refractivity contribution in [3.05, 3.63) is 29.2 Å². The van der Waals surface area contributed by atoms with Crippen molar-refractivity contribution in [2.75, 3.05) is 18.0 Å². The Morgan fingerprint density at radius 3 is 2.23 bits per heavy atom. The monoisotopic (exact) mass is 424 g/mol. The smallest absolute Gasteiger partial charge is 0.340 e. The first-order valence-corrected chi connectivity index (χ1v) is 9.80. The standard InChI is InChI=1S/C16H20N8.C2H6.CHF3/c1-11-10-17-12(2)24-15(11)18-13(20-24)6-7-14-19-16(21-22(14)3)23-8-4-5-9-23;1-2;2-1(3)4/h6-7,10H,4-5,8-9H2,1-3H3;1-2H3;1H/b7-6+;;. The summed E-state index contributed by atoms with van der Waals surface area (Å²) in [7, 11) is 1.90. The van der Waals surface area contributed by atoms with Crippen molar-refractivity contribution >= 4 is 23.7 Å². The van der Waals surface area contributed by atoms with Gasteiger partial charge in [-0.2, -0.15) is 22.7 Å². The number of alkyl halides is 3. The van der Waals surface area contributed by atoms with E-state index >= 15 is 0 Å². The van der Waals surface area contributed by atoms with Crippen LogP contribution in [-0.2, 0) is 7.05 Å². The zero-order valence-corrected chi connectivity index (χ0v) is 17.8. The second kappa shape index (κ2) is 10.7. The highest BCUT2D eigenvalue weighted by molar-refractivity contribution is 5.65. The van der Waals surface area contributed by atoms with Gasteiger partial charge in [0, 0.05) is 31.9 Å². The van der Waals surface area contributed by atoms with E-state index in [1.54, 1.807) is 9.20 Å². The minimum absolute atomic E-state index is 0.639. The zero-order chi connectivity index (χ0) is 22.3. The fraction of sp³-hybridized carbons (Fsp3) is 0.526. The average Bonchev–Trinajstić information content (AvgIpc) is 3.44. The van der Waals surface area contributed by atoms with E-state index in [1.165, 1.54) is 12.8 Å². The van der Waals surface area contributed by atoms with Gasteiger partial charge in [0.15, 0.2) is 17.3 Å². The molecule has 4 rings (SSSR count). The van der Waals surface area contributed by atoms with Gasteiger partial charge in [-0.1, -0.05) is 13.8 Å². The topological polar surface area (TPSA) is 77.0 Å². The van der Waals surface area contributed by atoms with Gasteiger partial charge in [0.05, 0.1) is 0 Å². The number of aromatic nitrogens is 7. The molecule has 0 N–H and O–H groups in total. The number of fused-ring (bicyclic) bond motifs is 1. The van der Waals surface area contributed by atoms with E-state index in [1.807, 2.05) is 53.1 Å². The third-order valence-corrected chi connectivity index (χ3v) is 4.28. The summed E-state index contributed by atoms with van der Waals surface area (Å²) in [5, 5.41) is 8.99. The molecular weight excluding hydrogens is 397 g/mol. The highest BCUT2D eigenvalue weighted by Crippen LogP contribution is 2.17. The lowest BCUT2D eigenvalue weighted by Gasteiger charge is -2.10. The number of aryl methyl sites for hydroxylation is 3. The van der Waals surface area contributed by atoms with E-state index in [9.17, 15) is 13.2 Å². The third kappa shape index (κ3) is 5.77. The summed E-state index contributed by atoms with van der Waals surface area (Å²) in [5.74, 6) is 3.05. The Morgan fingerprint density at radius 1 is 1.00 bits per heavy atom. The third-order valence-electron chi connectivity index (χ3n) is 4.28. The number of rotatable bonds is 3. The lowest BCUT2D eigenvalue weighted by Crippen LogP contribution is -2.19. The van der Waals surface area contributed by atoms with Crippen LogP contribution in [-0.4, -0.2) is 54.1 Å². The van der Waals surface area contributed by atoms with E-state index in [-0.39, 0.29) is 0 Å². The predicted octanol–water partition coefficient (Wildman–Crippen LogP) is 3.84. The molecule has 0 unspecified atom stereocenters. The Bertz CT molecular complexity index is 932. The van der Waals surface area contributed by atoms with Gasteiger partial charge in [0.25, 0.3) is 0 Å². The van der Waals surface area contributed by atoms with Crippen molar-refractivity contribution in [3.8, 4) is 0 Å². The number of anilines is 1. The maximum atomic E-state index is 9.67. The van der Waals surface area contributed by atoms with Gasteiger partial charge >= 0.3 is 6.68 Å². The van der Waals surface area contributed by atoms with Crippen LogP contribution in [0.5, 0.6) is 0 Å². The molecule has 0 bridgehead atoms. The van der Waals surface area contributed by atoms with Gasteiger partial charge in [-0.3, -0.25) is 0 Å². The van der Waals surface area contributed by atoms with Crippen molar-refractivity contribution in [2.45, 2.75) is 47.2 Å². The fourth-order valence-electron chi connectivity index (χ4n) is 2.91. The summed E-state index contributed by atoms with van der Waals surface area (Å²) in [6.07, 6.45) is 8.00. The first kappa shape index (κ1) is 23.3. The van der Waals surface area contributed by atoms with Crippen LogP contribution in [0.4, 0.5) is 19.1 Å². The van der Waals surface area contributed by atoms with Crippen LogP contribution in [0.3, 0.4) is 0 Å². The molecule has 3 aromatic rings. The Hall–Kier alpha value is -2.98. The summed E-state index contributed by atoms with van der Waals surface area (Å²) >= 11 is 0. The summed E-state index contributed by atoms with van der Waals surface area (Å²) in [4.78, 5) is 15.7. The van der Waals surface area contributed by atoms with Gasteiger partial charge in [-0.25, -0.2) is 14.6 Å². The molecule has 0 saturated carbocycles. The van der Waals surface area contributed by atoms with Gasteiger partial charge in [-0.15, -0.1) is 10.2 Å². The lowest BCUT2D eigenvalue weighted by molar-refractivity contribution is 0.00819. The van der Waals surface area contributed by atoms with Crippen molar-refractivity contribution in [1.82, 2.24) is 34.3 Å². The van der Waals surface area contributed by atoms with Crippen LogP contribution in [0.2, 0.25) is 0 Å². The fourth-order valence-corrected chi connectivity index (χ4v) is 2.91. The Labute approximate surface area is 173 Å². The highest BCUT2D eigenvalue weighted by Gasteiger charge is 2.17. The average molecular weight is 424 g/mol. The van der Waals surface area contributed by atoms with Crippen LogP contribution in [0.25, 0.3) is 17.8 Å². The molecule has 1 aliphatic rings. The van der Waals surface area contributed by atoms with Gasteiger partial charge in [-0.05, 0) is 38.8 Å². The van der Waals surface area contributed by atoms with E-state index in [4.69, 9.17) is 0 Å². The van der Waals surface area contributed by atoms with E-state index in [0.717, 1.165) is 41.9 Å². The molecule has 3 aromatic heterocycles. The molecule has 0 aliphatic carbocycles. The number of hydrogen-bond donors (Lipinski definition) is 0. The molecule has 8 nitrogen and oxygen atoms in total. The maximum Gasteiger partial charge on any atom is 0.379 e. The van der Waals surface area contributed by atoms with Crippen LogP contribution in [0.15, 0.2) is 6.20 Å². The molecule has 0 radical (unpaired) electrons. The quantitative estimate of drug-likeness (QED) is 0.636. The molecule has 1 aliphatic heterocycles. The molecule has 0 aromatic carbocycles. The zero-order valence-electron chi connectivity index (χ0n) is 17.8. The Morgan fingerprint density at radius 2 is 1.63 bits per heavy atom. The highest BCUT2D eigenvalue weighted by atomic mass is 19.4. The number of nitrogens with zero attached hydrogens (tertiary/aromatic N) is 8. The van der Waals surface area contributed by atoms with Gasteiger partial charge < -0.3 is 4.90 Å². The molecule has 164 valence electrons. The minimum Gasteiger partial charge on any atom is -0.340 e. The van der Waals surface area contributed by atoms with Crippen LogP contribution >= 0.6 is 0 Å². The molecule has 0 atom stereocenters. The Kier molecular flexibility index (Phi) is 8.31. The molecule has 0 spiro atoms. The largest absolute Gasteiger partial charge is 0.379 e. The Balaban J connectivity index is 0.000000481. The summed E-state index contributed by atoms with van der Waals surface area (Å²) in [6, 6.07) is 0. The second-order valence-electron chi connectivity index (χ2n) is 6.36. The molecule has 0 amide bonds. The number of halogens is 3. The van der Waals surface area contributed by atoms with Crippen LogP contribution < -0.4 is 4.90 Å². The van der Waals surface area contributed by atoms with Crippen molar-refractivity contribution in [2.24, 2.45) is 7.05 Å². The van der Waals surface area contributed by atoms with Crippen molar-refractivity contribution < 1.29 is 13.2 Å². The summed E-state index contributed by atoms with van der Waals surface area (Å²) in [6.45, 7) is 6.30. The first-order valence-electron chi connectivity index (χ1n) is 9.80. The first-order chi connectivity index (χ1) is 14.3. The summed E-state index contributed by atoms with van der Waals surface area (Å²) < 4.78 is 32.6. The molecule has 1 fully saturated rings. The minimum atomic E-state index is -3.67. The van der Waals surface area contributed by atoms with Crippen molar-refractivity contribution in [1.29, 1.82) is 0 Å². The van der Waals surface area contributed by atoms with Crippen LogP contribution in [0.1, 0.15) is 49.7 Å². The number of hydrogen-bond acceptors (Lipinski definition) is 6. The van der Waals surface area contributed by atoms with Gasteiger partial charge in [0.2, 0.25) is 5.95 Å². The van der Waals surface area contributed by atoms with Gasteiger partial charge in [0.1, 0.15) is 5.82 Å². The normalized spacial score (nSPS) is 13.6. The molecular formula is C19H27F3N8. The SMILES string of the molecule is CC.Cc1cnc(C)n2nc(/C=C/c3nc(N4CCCC4)nn3C)nc12.FC(F)F. The van der Waals surface area contributed by atoms with E-state index in [2.05, 4.69) is 30.0 Å². The van der Waals surface area contributed by atoms with Crippen molar-refractivity contribution in [3.63, 3.8) is 0 Å². The molecule has 1 saturated heterocycles.